The molecule has 1 aromatic carbocycles. The van der Waals surface area contributed by atoms with E-state index in [-0.39, 0.29) is 19.0 Å². The van der Waals surface area contributed by atoms with Gasteiger partial charge in [0.25, 0.3) is 0 Å². The number of nitrogens with two attached hydrogens (primary N) is 1. The average molecular weight is 383 g/mol. The zero-order chi connectivity index (χ0) is 19.5. The first-order chi connectivity index (χ1) is 12.2. The van der Waals surface area contributed by atoms with Crippen molar-refractivity contribution in [2.75, 3.05) is 45.1 Å². The van der Waals surface area contributed by atoms with Crippen LogP contribution in [0, 0.1) is 0 Å². The standard InChI is InChI=1S/C17H25N3O5S/c1-12(16-11-19(9-10-25-16)26(5,21)22)20(13(2)18)17-14(23-3)7-6-8-15(17)24-4/h6-8,16H,1-2,9-11,18H2,3-5H3/t16-/m0/s1. The predicted octanol–water partition coefficient (Wildman–Crippen LogP) is 1.11. The molecule has 1 heterocycles. The SMILES string of the molecule is C=C(N)N(C(=C)[C@@H]1CN(S(C)(=O)=O)CCO1)c1c(OC)cccc1OC. The van der Waals surface area contributed by atoms with Crippen molar-refractivity contribution in [3.8, 4) is 11.5 Å². The van der Waals surface area contributed by atoms with Crippen LogP contribution in [-0.2, 0) is 14.8 Å². The first kappa shape index (κ1) is 20.1. The summed E-state index contributed by atoms with van der Waals surface area (Å²) in [6.45, 7) is 8.57. The van der Waals surface area contributed by atoms with Crippen LogP contribution >= 0.6 is 0 Å². The van der Waals surface area contributed by atoms with Crippen LogP contribution in [0.25, 0.3) is 0 Å². The molecule has 0 spiro atoms. The zero-order valence-electron chi connectivity index (χ0n) is 15.3. The highest BCUT2D eigenvalue weighted by Crippen LogP contribution is 2.41. The summed E-state index contributed by atoms with van der Waals surface area (Å²) in [5.74, 6) is 1.19. The van der Waals surface area contributed by atoms with Crippen LogP contribution < -0.4 is 20.1 Å². The summed E-state index contributed by atoms with van der Waals surface area (Å²) in [6.07, 6.45) is 0.578. The molecule has 2 N–H and O–H groups in total. The summed E-state index contributed by atoms with van der Waals surface area (Å²) >= 11 is 0. The number of para-hydroxylation sites is 1. The number of hydrogen-bond acceptors (Lipinski definition) is 7. The van der Waals surface area contributed by atoms with Gasteiger partial charge in [-0.15, -0.1) is 0 Å². The molecule has 0 saturated carbocycles. The van der Waals surface area contributed by atoms with Crippen molar-refractivity contribution in [3.63, 3.8) is 0 Å². The average Bonchev–Trinajstić information content (AvgIpc) is 2.61. The molecule has 1 fully saturated rings. The second-order valence-corrected chi connectivity index (χ2v) is 7.79. The number of anilines is 1. The number of benzene rings is 1. The van der Waals surface area contributed by atoms with E-state index in [1.807, 2.05) is 0 Å². The molecule has 0 bridgehead atoms. The number of rotatable bonds is 7. The second kappa shape index (κ2) is 7.98. The maximum Gasteiger partial charge on any atom is 0.211 e. The van der Waals surface area contributed by atoms with E-state index in [1.54, 1.807) is 23.1 Å². The number of sulfonamides is 1. The topological polar surface area (TPSA) is 94.3 Å². The first-order valence-electron chi connectivity index (χ1n) is 7.91. The number of ether oxygens (including phenoxy) is 3. The van der Waals surface area contributed by atoms with Gasteiger partial charge < -0.3 is 19.9 Å². The highest BCUT2D eigenvalue weighted by Gasteiger charge is 2.32. The molecule has 144 valence electrons. The van der Waals surface area contributed by atoms with Crippen molar-refractivity contribution < 1.29 is 22.6 Å². The number of hydrogen-bond donors (Lipinski definition) is 1. The molecule has 9 heteroatoms. The Hall–Kier alpha value is -2.23. The minimum atomic E-state index is -3.34. The monoisotopic (exact) mass is 383 g/mol. The van der Waals surface area contributed by atoms with E-state index in [9.17, 15) is 8.42 Å². The van der Waals surface area contributed by atoms with Crippen molar-refractivity contribution in [2.24, 2.45) is 5.73 Å². The molecular weight excluding hydrogens is 358 g/mol. The normalized spacial score (nSPS) is 18.2. The van der Waals surface area contributed by atoms with Crippen molar-refractivity contribution in [2.45, 2.75) is 6.10 Å². The third-order valence-electron chi connectivity index (χ3n) is 4.07. The van der Waals surface area contributed by atoms with E-state index < -0.39 is 16.1 Å². The van der Waals surface area contributed by atoms with Crippen LogP contribution in [0.4, 0.5) is 5.69 Å². The molecule has 1 saturated heterocycles. The van der Waals surface area contributed by atoms with Crippen molar-refractivity contribution in [1.29, 1.82) is 0 Å². The van der Waals surface area contributed by atoms with Gasteiger partial charge >= 0.3 is 0 Å². The lowest BCUT2D eigenvalue weighted by Gasteiger charge is -2.37. The van der Waals surface area contributed by atoms with Crippen molar-refractivity contribution in [3.05, 3.63) is 42.9 Å². The quantitative estimate of drug-likeness (QED) is 0.754. The highest BCUT2D eigenvalue weighted by molar-refractivity contribution is 7.88. The molecule has 0 aliphatic carbocycles. The molecule has 2 rings (SSSR count). The summed E-state index contributed by atoms with van der Waals surface area (Å²) in [4.78, 5) is 1.56. The molecule has 0 aromatic heterocycles. The molecule has 1 aliphatic rings. The Labute approximate surface area is 154 Å². The maximum atomic E-state index is 11.9. The van der Waals surface area contributed by atoms with Crippen LogP contribution in [0.3, 0.4) is 0 Å². The van der Waals surface area contributed by atoms with Crippen LogP contribution in [0.1, 0.15) is 0 Å². The molecule has 0 radical (unpaired) electrons. The Bertz CT molecular complexity index is 771. The Morgan fingerprint density at radius 3 is 2.35 bits per heavy atom. The summed E-state index contributed by atoms with van der Waals surface area (Å²) in [6, 6.07) is 5.29. The van der Waals surface area contributed by atoms with Crippen LogP contribution in [0.5, 0.6) is 11.5 Å². The molecule has 1 aromatic rings. The van der Waals surface area contributed by atoms with E-state index in [0.29, 0.717) is 29.4 Å². The number of morpholine rings is 1. The van der Waals surface area contributed by atoms with Gasteiger partial charge in [-0.3, -0.25) is 4.90 Å². The molecule has 1 atom stereocenters. The fourth-order valence-corrected chi connectivity index (χ4v) is 3.61. The lowest BCUT2D eigenvalue weighted by Crippen LogP contribution is -2.48. The fraction of sp³-hybridized carbons (Fsp3) is 0.412. The van der Waals surface area contributed by atoms with Gasteiger partial charge in [-0.25, -0.2) is 8.42 Å². The van der Waals surface area contributed by atoms with Crippen molar-refractivity contribution in [1.82, 2.24) is 4.31 Å². The molecular formula is C17H25N3O5S. The smallest absolute Gasteiger partial charge is 0.211 e. The molecule has 0 amide bonds. The molecule has 0 unspecified atom stereocenters. The molecule has 26 heavy (non-hydrogen) atoms. The van der Waals surface area contributed by atoms with Gasteiger partial charge in [0.1, 0.15) is 29.1 Å². The lowest BCUT2D eigenvalue weighted by atomic mass is 10.1. The van der Waals surface area contributed by atoms with E-state index in [1.165, 1.54) is 24.8 Å². The first-order valence-corrected chi connectivity index (χ1v) is 9.76. The van der Waals surface area contributed by atoms with E-state index >= 15 is 0 Å². The summed E-state index contributed by atoms with van der Waals surface area (Å²) in [7, 11) is -0.280. The van der Waals surface area contributed by atoms with Crippen LogP contribution in [0.2, 0.25) is 0 Å². The number of methoxy groups -OCH3 is 2. The van der Waals surface area contributed by atoms with Gasteiger partial charge in [-0.2, -0.15) is 4.31 Å². The minimum absolute atomic E-state index is 0.138. The van der Waals surface area contributed by atoms with E-state index in [0.717, 1.165) is 0 Å². The van der Waals surface area contributed by atoms with Crippen LogP contribution in [-0.4, -0.2) is 59.0 Å². The Kier molecular flexibility index (Phi) is 6.17. The van der Waals surface area contributed by atoms with Gasteiger partial charge in [-0.1, -0.05) is 19.2 Å². The summed E-state index contributed by atoms with van der Waals surface area (Å²) in [5, 5.41) is 0. The lowest BCUT2D eigenvalue weighted by molar-refractivity contribution is 0.0196. The molecule has 1 aliphatic heterocycles. The third-order valence-corrected chi connectivity index (χ3v) is 5.34. The van der Waals surface area contributed by atoms with Gasteiger partial charge in [0, 0.05) is 18.8 Å². The molecule has 8 nitrogen and oxygen atoms in total. The van der Waals surface area contributed by atoms with E-state index in [4.69, 9.17) is 19.9 Å². The zero-order valence-corrected chi connectivity index (χ0v) is 16.1. The Morgan fingerprint density at radius 2 is 1.88 bits per heavy atom. The maximum absolute atomic E-state index is 11.9. The van der Waals surface area contributed by atoms with E-state index in [2.05, 4.69) is 13.2 Å². The Morgan fingerprint density at radius 1 is 1.31 bits per heavy atom. The highest BCUT2D eigenvalue weighted by atomic mass is 32.2. The summed E-state index contributed by atoms with van der Waals surface area (Å²) < 4.78 is 41.7. The van der Waals surface area contributed by atoms with Gasteiger partial charge in [0.05, 0.1) is 27.1 Å². The van der Waals surface area contributed by atoms with Crippen LogP contribution in [0.15, 0.2) is 42.9 Å². The second-order valence-electron chi connectivity index (χ2n) is 5.81. The van der Waals surface area contributed by atoms with Gasteiger partial charge in [0.15, 0.2) is 0 Å². The predicted molar refractivity (Wildman–Crippen MR) is 101 cm³/mol. The minimum Gasteiger partial charge on any atom is -0.494 e. The Balaban J connectivity index is 2.42. The fourth-order valence-electron chi connectivity index (χ4n) is 2.80. The number of nitrogens with zero attached hydrogens (tertiary/aromatic N) is 2. The van der Waals surface area contributed by atoms with Crippen molar-refractivity contribution >= 4 is 15.7 Å². The third kappa shape index (κ3) is 4.12. The summed E-state index contributed by atoms with van der Waals surface area (Å²) in [5.41, 5.74) is 6.98. The largest absolute Gasteiger partial charge is 0.494 e. The van der Waals surface area contributed by atoms with Gasteiger partial charge in [-0.05, 0) is 12.1 Å². The van der Waals surface area contributed by atoms with Gasteiger partial charge in [0.2, 0.25) is 10.0 Å².